The molecule has 0 spiro atoms. The van der Waals surface area contributed by atoms with Crippen molar-refractivity contribution < 1.29 is 28.6 Å². The van der Waals surface area contributed by atoms with Gasteiger partial charge in [0, 0.05) is 19.3 Å². The summed E-state index contributed by atoms with van der Waals surface area (Å²) >= 11 is 0. The molecule has 0 heterocycles. The predicted molar refractivity (Wildman–Crippen MR) is 316 cm³/mol. The van der Waals surface area contributed by atoms with Crippen molar-refractivity contribution in [3.63, 3.8) is 0 Å². The van der Waals surface area contributed by atoms with Crippen LogP contribution >= 0.6 is 0 Å². The molecular formula is C67H112O6. The van der Waals surface area contributed by atoms with E-state index in [9.17, 15) is 14.4 Å². The van der Waals surface area contributed by atoms with Gasteiger partial charge < -0.3 is 14.2 Å². The molecule has 0 aliphatic rings. The zero-order valence-corrected chi connectivity index (χ0v) is 47.6. The molecule has 0 saturated carbocycles. The van der Waals surface area contributed by atoms with Crippen LogP contribution in [0.2, 0.25) is 0 Å². The predicted octanol–water partition coefficient (Wildman–Crippen LogP) is 20.7. The molecule has 0 aromatic rings. The van der Waals surface area contributed by atoms with Crippen molar-refractivity contribution in [3.05, 3.63) is 109 Å². The first-order valence-corrected chi connectivity index (χ1v) is 30.4. The number of ether oxygens (including phenoxy) is 3. The van der Waals surface area contributed by atoms with Crippen LogP contribution in [-0.2, 0) is 28.6 Å². The minimum absolute atomic E-state index is 0.0882. The SMILES string of the molecule is CC/C=C\C/C=C\C/C=C\C/C=C\C/C=C\C/C=C\CCCCCCCCCCCCCCC(=O)OCC(COC(=O)CCCCCCCCCCCCC)OC(=O)CCCCC/C=C\C/C=C\C/C=C\CC. The van der Waals surface area contributed by atoms with Gasteiger partial charge in [-0.1, -0.05) is 265 Å². The third kappa shape index (κ3) is 58.8. The number of hydrogen-bond donors (Lipinski definition) is 0. The standard InChI is InChI=1S/C67H112O6/c1-4-7-10-13-16-19-22-24-25-26-27-28-29-30-31-32-33-34-35-36-37-38-39-40-41-43-45-48-51-54-57-60-66(69)72-63-64(62-71-65(68)59-56-53-50-47-44-21-18-15-12-9-6-3)73-67(70)61-58-55-52-49-46-42-23-20-17-14-11-8-5-2/h7-8,10-11,16-17,19-20,24-25,27-28,30-31,33-34,42,46,64H,4-6,9,12-15,18,21-23,26,29,32,35-41,43-45,47-63H2,1-3H3/b10-7-,11-8-,19-16-,20-17-,25-24-,28-27-,31-30-,34-33-,46-42-. The highest BCUT2D eigenvalue weighted by atomic mass is 16.6. The van der Waals surface area contributed by atoms with E-state index in [1.165, 1.54) is 116 Å². The van der Waals surface area contributed by atoms with E-state index in [2.05, 4.69) is 130 Å². The summed E-state index contributed by atoms with van der Waals surface area (Å²) in [6.45, 7) is 6.38. The van der Waals surface area contributed by atoms with Gasteiger partial charge in [0.25, 0.3) is 0 Å². The Morgan fingerprint density at radius 1 is 0.288 bits per heavy atom. The van der Waals surface area contributed by atoms with Gasteiger partial charge in [0.1, 0.15) is 13.2 Å². The van der Waals surface area contributed by atoms with Crippen LogP contribution in [0.1, 0.15) is 278 Å². The van der Waals surface area contributed by atoms with E-state index in [1.54, 1.807) is 0 Å². The van der Waals surface area contributed by atoms with E-state index in [0.717, 1.165) is 122 Å². The Hall–Kier alpha value is -3.93. The summed E-state index contributed by atoms with van der Waals surface area (Å²) in [7, 11) is 0. The van der Waals surface area contributed by atoms with E-state index >= 15 is 0 Å². The van der Waals surface area contributed by atoms with Gasteiger partial charge in [-0.3, -0.25) is 14.4 Å². The highest BCUT2D eigenvalue weighted by molar-refractivity contribution is 5.71. The van der Waals surface area contributed by atoms with Crippen molar-refractivity contribution in [2.75, 3.05) is 13.2 Å². The minimum Gasteiger partial charge on any atom is -0.462 e. The fraction of sp³-hybridized carbons (Fsp3) is 0.687. The van der Waals surface area contributed by atoms with Crippen LogP contribution in [0.15, 0.2) is 109 Å². The highest BCUT2D eigenvalue weighted by Crippen LogP contribution is 2.16. The first-order chi connectivity index (χ1) is 36.0. The molecule has 0 fully saturated rings. The zero-order chi connectivity index (χ0) is 52.9. The Morgan fingerprint density at radius 2 is 0.534 bits per heavy atom. The topological polar surface area (TPSA) is 78.9 Å². The molecule has 6 nitrogen and oxygen atoms in total. The number of carbonyl (C=O) groups is 3. The van der Waals surface area contributed by atoms with Gasteiger partial charge >= 0.3 is 17.9 Å². The maximum atomic E-state index is 12.8. The van der Waals surface area contributed by atoms with E-state index < -0.39 is 6.10 Å². The lowest BCUT2D eigenvalue weighted by molar-refractivity contribution is -0.167. The van der Waals surface area contributed by atoms with Crippen molar-refractivity contribution in [2.24, 2.45) is 0 Å². The molecule has 416 valence electrons. The largest absolute Gasteiger partial charge is 0.462 e. The quantitative estimate of drug-likeness (QED) is 0.0261. The molecule has 0 aromatic heterocycles. The maximum absolute atomic E-state index is 12.8. The Balaban J connectivity index is 4.19. The van der Waals surface area contributed by atoms with Crippen LogP contribution in [0.5, 0.6) is 0 Å². The third-order valence-electron chi connectivity index (χ3n) is 12.8. The van der Waals surface area contributed by atoms with Crippen LogP contribution in [-0.4, -0.2) is 37.2 Å². The van der Waals surface area contributed by atoms with Gasteiger partial charge in [-0.25, -0.2) is 0 Å². The highest BCUT2D eigenvalue weighted by Gasteiger charge is 2.19. The summed E-state index contributed by atoms with van der Waals surface area (Å²) in [6, 6.07) is 0. The zero-order valence-electron chi connectivity index (χ0n) is 47.6. The Morgan fingerprint density at radius 3 is 0.849 bits per heavy atom. The molecule has 73 heavy (non-hydrogen) atoms. The lowest BCUT2D eigenvalue weighted by Crippen LogP contribution is -2.30. The summed E-state index contributed by atoms with van der Waals surface area (Å²) in [5.74, 6) is -0.918. The van der Waals surface area contributed by atoms with Gasteiger partial charge in [-0.2, -0.15) is 0 Å². The first kappa shape index (κ1) is 69.1. The van der Waals surface area contributed by atoms with Crippen molar-refractivity contribution >= 4 is 17.9 Å². The van der Waals surface area contributed by atoms with E-state index in [-0.39, 0.29) is 31.1 Å². The average Bonchev–Trinajstić information content (AvgIpc) is 3.39. The van der Waals surface area contributed by atoms with Gasteiger partial charge in [0.15, 0.2) is 6.10 Å². The Bertz CT molecular complexity index is 1490. The van der Waals surface area contributed by atoms with E-state index in [1.807, 2.05) is 0 Å². The van der Waals surface area contributed by atoms with Gasteiger partial charge in [-0.05, 0) is 103 Å². The van der Waals surface area contributed by atoms with Crippen molar-refractivity contribution in [3.8, 4) is 0 Å². The summed E-state index contributed by atoms with van der Waals surface area (Å²) in [5.41, 5.74) is 0. The monoisotopic (exact) mass is 1010 g/mol. The first-order valence-electron chi connectivity index (χ1n) is 30.4. The van der Waals surface area contributed by atoms with Crippen LogP contribution in [0.4, 0.5) is 0 Å². The molecule has 0 aliphatic heterocycles. The second-order valence-electron chi connectivity index (χ2n) is 19.9. The maximum Gasteiger partial charge on any atom is 0.306 e. The summed E-state index contributed by atoms with van der Waals surface area (Å²) in [5, 5.41) is 0. The van der Waals surface area contributed by atoms with Gasteiger partial charge in [0.05, 0.1) is 0 Å². The molecule has 0 bridgehead atoms. The van der Waals surface area contributed by atoms with Gasteiger partial charge in [0.2, 0.25) is 0 Å². The van der Waals surface area contributed by atoms with Crippen LogP contribution in [0, 0.1) is 0 Å². The molecule has 0 radical (unpaired) electrons. The molecule has 0 rings (SSSR count). The van der Waals surface area contributed by atoms with Crippen molar-refractivity contribution in [1.29, 1.82) is 0 Å². The van der Waals surface area contributed by atoms with Crippen LogP contribution in [0.25, 0.3) is 0 Å². The molecule has 1 atom stereocenters. The Labute approximate surface area is 450 Å². The normalized spacial score (nSPS) is 12.9. The molecular weight excluding hydrogens is 901 g/mol. The van der Waals surface area contributed by atoms with Crippen LogP contribution in [0.3, 0.4) is 0 Å². The molecule has 0 N–H and O–H groups in total. The molecule has 0 amide bonds. The van der Waals surface area contributed by atoms with E-state index in [4.69, 9.17) is 14.2 Å². The molecule has 0 aliphatic carbocycles. The second-order valence-corrected chi connectivity index (χ2v) is 19.9. The number of unbranched alkanes of at least 4 members (excludes halogenated alkanes) is 25. The number of carbonyl (C=O) groups excluding carboxylic acids is 3. The molecule has 0 saturated heterocycles. The summed E-state index contributed by atoms with van der Waals surface area (Å²) in [4.78, 5) is 38.1. The number of hydrogen-bond acceptors (Lipinski definition) is 6. The lowest BCUT2D eigenvalue weighted by atomic mass is 10.0. The van der Waals surface area contributed by atoms with E-state index in [0.29, 0.717) is 19.3 Å². The summed E-state index contributed by atoms with van der Waals surface area (Å²) < 4.78 is 16.8. The number of rotatable bonds is 54. The van der Waals surface area contributed by atoms with Crippen molar-refractivity contribution in [2.45, 2.75) is 284 Å². The smallest absolute Gasteiger partial charge is 0.306 e. The van der Waals surface area contributed by atoms with Crippen molar-refractivity contribution in [1.82, 2.24) is 0 Å². The van der Waals surface area contributed by atoms with Gasteiger partial charge in [-0.15, -0.1) is 0 Å². The number of allylic oxidation sites excluding steroid dienone is 18. The number of esters is 3. The average molecular weight is 1010 g/mol. The minimum atomic E-state index is -0.792. The fourth-order valence-electron chi connectivity index (χ4n) is 8.28. The fourth-order valence-corrected chi connectivity index (χ4v) is 8.28. The lowest BCUT2D eigenvalue weighted by Gasteiger charge is -2.18. The summed E-state index contributed by atoms with van der Waals surface area (Å²) in [6.07, 6.45) is 82.5. The second kappa shape index (κ2) is 60.6. The molecule has 6 heteroatoms. The molecule has 0 aromatic carbocycles. The third-order valence-corrected chi connectivity index (χ3v) is 12.8. The van der Waals surface area contributed by atoms with Crippen LogP contribution < -0.4 is 0 Å². The molecule has 1 unspecified atom stereocenters. The Kier molecular flexibility index (Phi) is 57.4.